The van der Waals surface area contributed by atoms with Gasteiger partial charge in [-0.1, -0.05) is 33.9 Å². The Hall–Kier alpha value is -5.89. The van der Waals surface area contributed by atoms with Crippen molar-refractivity contribution in [3.63, 3.8) is 0 Å². The van der Waals surface area contributed by atoms with E-state index in [4.69, 9.17) is 23.7 Å². The van der Waals surface area contributed by atoms with Crippen molar-refractivity contribution in [2.45, 2.75) is 6.92 Å². The minimum Gasteiger partial charge on any atom is -0.478 e. The summed E-state index contributed by atoms with van der Waals surface area (Å²) in [5.74, 6) is -2.35. The highest BCUT2D eigenvalue weighted by Crippen LogP contribution is 2.19. The Labute approximate surface area is 325 Å². The van der Waals surface area contributed by atoms with Crippen LogP contribution in [0.15, 0.2) is 104 Å². The monoisotopic (exact) mass is 779 g/mol. The number of aliphatic hydroxyl groups is 1. The Balaban J connectivity index is 1.64. The Kier molecular flexibility index (Phi) is 20.7. The van der Waals surface area contributed by atoms with Crippen LogP contribution in [0.3, 0.4) is 0 Å². The number of carbonyl (C=O) groups excluding carboxylic acids is 2. The van der Waals surface area contributed by atoms with Crippen LogP contribution < -0.4 is 0 Å². The molecule has 0 unspecified atom stereocenters. The van der Waals surface area contributed by atoms with E-state index in [1.807, 2.05) is 6.92 Å². The third-order valence-corrected chi connectivity index (χ3v) is 7.45. The third-order valence-electron chi connectivity index (χ3n) is 7.45. The van der Waals surface area contributed by atoms with Crippen LogP contribution in [-0.2, 0) is 23.7 Å². The van der Waals surface area contributed by atoms with Gasteiger partial charge in [-0.15, -0.1) is 15.3 Å². The first-order valence-electron chi connectivity index (χ1n) is 17.8. The second-order valence-electron chi connectivity index (χ2n) is 11.6. The number of carboxylic acids is 1. The lowest BCUT2D eigenvalue weighted by atomic mass is 10.2. The van der Waals surface area contributed by atoms with Gasteiger partial charge in [-0.3, -0.25) is 15.0 Å². The highest BCUT2D eigenvalue weighted by atomic mass is 16.5. The SMILES string of the molecule is CCOCCN(CCO)N=Nc1cccc(C(=O)OCCN(CCOC(=O)c2cccc(N=NN(CCOC)CCOC)c2)N=Nc2cccc(C(=O)O)c2)c1. The van der Waals surface area contributed by atoms with Gasteiger partial charge in [0.25, 0.3) is 0 Å². The number of esters is 2. The molecular weight excluding hydrogens is 730 g/mol. The lowest BCUT2D eigenvalue weighted by Crippen LogP contribution is -2.27. The molecule has 19 nitrogen and oxygen atoms in total. The predicted molar refractivity (Wildman–Crippen MR) is 202 cm³/mol. The van der Waals surface area contributed by atoms with Gasteiger partial charge in [-0.25, -0.2) is 14.4 Å². The van der Waals surface area contributed by atoms with Crippen LogP contribution >= 0.6 is 0 Å². The predicted octanol–water partition coefficient (Wildman–Crippen LogP) is 5.32. The van der Waals surface area contributed by atoms with Gasteiger partial charge in [0, 0.05) is 20.8 Å². The molecular formula is C37H49N9O10. The molecule has 0 aliphatic heterocycles. The van der Waals surface area contributed by atoms with Crippen LogP contribution in [0.5, 0.6) is 0 Å². The smallest absolute Gasteiger partial charge is 0.338 e. The van der Waals surface area contributed by atoms with Crippen molar-refractivity contribution in [1.29, 1.82) is 0 Å². The fraction of sp³-hybridized carbons (Fsp3) is 0.432. The number of carboxylic acid groups (broad SMARTS) is 1. The highest BCUT2D eigenvalue weighted by Gasteiger charge is 2.13. The van der Waals surface area contributed by atoms with Crippen molar-refractivity contribution in [1.82, 2.24) is 15.0 Å². The Morgan fingerprint density at radius 3 is 1.38 bits per heavy atom. The van der Waals surface area contributed by atoms with Gasteiger partial charge >= 0.3 is 17.9 Å². The first-order chi connectivity index (χ1) is 27.3. The molecule has 0 bridgehead atoms. The van der Waals surface area contributed by atoms with Crippen LogP contribution in [0, 0.1) is 0 Å². The zero-order valence-electron chi connectivity index (χ0n) is 31.8. The number of methoxy groups -OCH3 is 2. The largest absolute Gasteiger partial charge is 0.478 e. The number of aliphatic hydroxyl groups excluding tert-OH is 1. The van der Waals surface area contributed by atoms with Crippen molar-refractivity contribution >= 4 is 35.0 Å². The Bertz CT molecular complexity index is 1740. The molecule has 0 radical (unpaired) electrons. The third kappa shape index (κ3) is 17.1. The fourth-order valence-electron chi connectivity index (χ4n) is 4.52. The molecule has 0 aliphatic rings. The van der Waals surface area contributed by atoms with Gasteiger partial charge in [0.1, 0.15) is 13.2 Å². The van der Waals surface area contributed by atoms with Crippen molar-refractivity contribution in [2.24, 2.45) is 31.0 Å². The quantitative estimate of drug-likeness (QED) is 0.0433. The number of aromatic carboxylic acids is 1. The molecule has 0 saturated carbocycles. The van der Waals surface area contributed by atoms with Crippen LogP contribution in [0.4, 0.5) is 17.1 Å². The van der Waals surface area contributed by atoms with E-state index in [1.165, 1.54) is 29.3 Å². The summed E-state index contributed by atoms with van der Waals surface area (Å²) in [6, 6.07) is 18.8. The number of hydrogen-bond acceptors (Lipinski definition) is 15. The zero-order chi connectivity index (χ0) is 40.4. The van der Waals surface area contributed by atoms with Gasteiger partial charge < -0.3 is 33.9 Å². The maximum atomic E-state index is 13.0. The lowest BCUT2D eigenvalue weighted by molar-refractivity contribution is 0.0391. The summed E-state index contributed by atoms with van der Waals surface area (Å²) >= 11 is 0. The first-order valence-corrected chi connectivity index (χ1v) is 17.8. The standard InChI is InChI=1S/C37H49N9O10/c1-4-54-23-17-44(14-20-47)41-39-33-12-6-9-30(27-33)36(50)55-24-18-46(43-38-32-11-5-8-29(26-32)35(48)49)19-25-56-37(51)31-10-7-13-34(28-31)40-42-45(15-21-52-2)16-22-53-3/h5-13,26-28,47H,4,14-25H2,1-3H3,(H,48,49). The van der Waals surface area contributed by atoms with Crippen molar-refractivity contribution < 1.29 is 48.3 Å². The van der Waals surface area contributed by atoms with E-state index in [-0.39, 0.29) is 61.8 Å². The highest BCUT2D eigenvalue weighted by molar-refractivity contribution is 5.91. The second kappa shape index (κ2) is 26.0. The molecule has 0 saturated heterocycles. The molecule has 0 spiro atoms. The molecule has 302 valence electrons. The molecule has 0 amide bonds. The second-order valence-corrected chi connectivity index (χ2v) is 11.6. The van der Waals surface area contributed by atoms with E-state index in [0.717, 1.165) is 0 Å². The summed E-state index contributed by atoms with van der Waals surface area (Å²) < 4.78 is 26.6. The van der Waals surface area contributed by atoms with E-state index >= 15 is 0 Å². The zero-order valence-corrected chi connectivity index (χ0v) is 31.8. The van der Waals surface area contributed by atoms with Crippen LogP contribution in [-0.4, -0.2) is 143 Å². The summed E-state index contributed by atoms with van der Waals surface area (Å²) in [4.78, 5) is 37.4. The van der Waals surface area contributed by atoms with E-state index in [0.29, 0.717) is 57.4 Å². The van der Waals surface area contributed by atoms with Crippen LogP contribution in [0.2, 0.25) is 0 Å². The topological polar surface area (TPSA) is 222 Å². The summed E-state index contributed by atoms with van der Waals surface area (Å²) in [6.45, 7) is 5.24. The van der Waals surface area contributed by atoms with Crippen molar-refractivity contribution in [3.8, 4) is 0 Å². The Morgan fingerprint density at radius 1 is 0.571 bits per heavy atom. The number of carbonyl (C=O) groups is 3. The normalized spacial score (nSPS) is 11.4. The number of ether oxygens (including phenoxy) is 5. The minimum atomic E-state index is -1.12. The van der Waals surface area contributed by atoms with Gasteiger partial charge in [-0.2, -0.15) is 0 Å². The first kappa shape index (κ1) is 44.5. The van der Waals surface area contributed by atoms with Crippen molar-refractivity contribution in [2.75, 3.05) is 99.7 Å². The van der Waals surface area contributed by atoms with Crippen LogP contribution in [0.25, 0.3) is 0 Å². The fourth-order valence-corrected chi connectivity index (χ4v) is 4.52. The number of benzene rings is 3. The molecule has 2 N–H and O–H groups in total. The molecule has 3 rings (SSSR count). The van der Waals surface area contributed by atoms with Gasteiger partial charge in [0.2, 0.25) is 0 Å². The van der Waals surface area contributed by atoms with Crippen LogP contribution in [0.1, 0.15) is 38.0 Å². The summed E-state index contributed by atoms with van der Waals surface area (Å²) in [6.07, 6.45) is 0. The maximum Gasteiger partial charge on any atom is 0.338 e. The molecule has 3 aromatic carbocycles. The molecule has 3 aromatic rings. The molecule has 0 heterocycles. The number of rotatable bonds is 27. The van der Waals surface area contributed by atoms with E-state index in [9.17, 15) is 24.6 Å². The van der Waals surface area contributed by atoms with Gasteiger partial charge in [0.05, 0.1) is 99.4 Å². The molecule has 0 aliphatic carbocycles. The summed E-state index contributed by atoms with van der Waals surface area (Å²) in [7, 11) is 3.19. The Morgan fingerprint density at radius 2 is 0.964 bits per heavy atom. The summed E-state index contributed by atoms with van der Waals surface area (Å²) in [5.41, 5.74) is 1.64. The van der Waals surface area contributed by atoms with Gasteiger partial charge in [0.15, 0.2) is 0 Å². The number of hydrogen-bond donors (Lipinski definition) is 2. The average Bonchev–Trinajstić information content (AvgIpc) is 3.21. The molecule has 19 heteroatoms. The average molecular weight is 780 g/mol. The molecule has 0 atom stereocenters. The van der Waals surface area contributed by atoms with E-state index < -0.39 is 17.9 Å². The molecule has 56 heavy (non-hydrogen) atoms. The summed E-state index contributed by atoms with van der Waals surface area (Å²) in [5, 5.41) is 48.5. The van der Waals surface area contributed by atoms with E-state index in [1.54, 1.807) is 72.8 Å². The lowest BCUT2D eigenvalue weighted by Gasteiger charge is -2.18. The van der Waals surface area contributed by atoms with Crippen molar-refractivity contribution in [3.05, 3.63) is 89.5 Å². The van der Waals surface area contributed by atoms with Gasteiger partial charge in [-0.05, 0) is 61.5 Å². The minimum absolute atomic E-state index is 0.0312. The maximum absolute atomic E-state index is 13.0. The molecule has 0 fully saturated rings. The molecule has 0 aromatic heterocycles. The number of nitrogens with zero attached hydrogens (tertiary/aromatic N) is 9. The van der Waals surface area contributed by atoms with E-state index in [2.05, 4.69) is 31.0 Å².